The van der Waals surface area contributed by atoms with Gasteiger partial charge in [0.1, 0.15) is 29.4 Å². The first-order chi connectivity index (χ1) is 20.2. The summed E-state index contributed by atoms with van der Waals surface area (Å²) in [6, 6.07) is 2.68. The second-order valence-corrected chi connectivity index (χ2v) is 11.5. The molecule has 2 aliphatic rings. The first-order valence-corrected chi connectivity index (χ1v) is 15.1. The highest BCUT2D eigenvalue weighted by atomic mass is 32.2. The van der Waals surface area contributed by atoms with Crippen LogP contribution in [0.1, 0.15) is 25.1 Å². The Bertz CT molecular complexity index is 1460. The number of carbonyl (C=O) groups excluding carboxylic acids is 4. The fourth-order valence-corrected chi connectivity index (χ4v) is 6.67. The van der Waals surface area contributed by atoms with Crippen LogP contribution in [0, 0.1) is 0 Å². The van der Waals surface area contributed by atoms with Crippen LogP contribution in [0.25, 0.3) is 6.08 Å². The second-order valence-electron chi connectivity index (χ2n) is 8.52. The van der Waals surface area contributed by atoms with E-state index in [0.717, 1.165) is 16.9 Å². The number of nitrogen functional groups attached to an aromatic ring is 1. The molecule has 0 radical (unpaired) electrons. The number of anilines is 1. The lowest BCUT2D eigenvalue weighted by molar-refractivity contribution is -0.182. The van der Waals surface area contributed by atoms with Crippen molar-refractivity contribution >= 4 is 75.5 Å². The van der Waals surface area contributed by atoms with Gasteiger partial charge in [0.25, 0.3) is 11.8 Å². The van der Waals surface area contributed by atoms with Crippen molar-refractivity contribution in [1.29, 1.82) is 0 Å². The topological polar surface area (TPSA) is 175 Å². The largest absolute Gasteiger partial charge is 0.426 e. The number of thiazole rings is 1. The molecule has 16 heteroatoms. The van der Waals surface area contributed by atoms with Crippen molar-refractivity contribution in [2.24, 2.45) is 5.16 Å². The summed E-state index contributed by atoms with van der Waals surface area (Å²) >= 11 is 3.71. The number of hydrogen-bond donors (Lipinski definition) is 2. The number of rotatable bonds is 12. The number of nitrogens with one attached hydrogen (secondary N) is 1. The maximum Gasteiger partial charge on any atom is 0.359 e. The Labute approximate surface area is 253 Å². The Kier molecular flexibility index (Phi) is 10.4. The minimum Gasteiger partial charge on any atom is -0.426 e. The van der Waals surface area contributed by atoms with Crippen LogP contribution in [0.4, 0.5) is 5.13 Å². The third kappa shape index (κ3) is 7.37. The molecule has 1 saturated heterocycles. The summed E-state index contributed by atoms with van der Waals surface area (Å²) < 4.78 is 10.3. The van der Waals surface area contributed by atoms with E-state index in [0.29, 0.717) is 10.7 Å². The SMILES string of the molecule is C=CCON=C(C(=O)NC1C(=O)N2C(C(=O)OC(C)OC(C)=O)=C(S/C=C\c3cccnc3)CS[C@@H]12)c1csc(N)n1. The van der Waals surface area contributed by atoms with Crippen LogP contribution in [-0.2, 0) is 33.5 Å². The lowest BCUT2D eigenvalue weighted by Crippen LogP contribution is -2.71. The Morgan fingerprint density at radius 2 is 2.19 bits per heavy atom. The summed E-state index contributed by atoms with van der Waals surface area (Å²) in [5.74, 6) is -2.39. The molecule has 2 unspecified atom stereocenters. The number of hydrogen-bond acceptors (Lipinski definition) is 14. The minimum absolute atomic E-state index is 0.00423. The van der Waals surface area contributed by atoms with Gasteiger partial charge in [0.05, 0.1) is 0 Å². The zero-order valence-corrected chi connectivity index (χ0v) is 24.9. The van der Waals surface area contributed by atoms with Crippen LogP contribution in [0.15, 0.2) is 63.7 Å². The Hall–Kier alpha value is -4.15. The van der Waals surface area contributed by atoms with E-state index in [-0.39, 0.29) is 28.8 Å². The van der Waals surface area contributed by atoms with Gasteiger partial charge in [-0.2, -0.15) is 0 Å². The summed E-state index contributed by atoms with van der Waals surface area (Å²) in [4.78, 5) is 66.3. The van der Waals surface area contributed by atoms with Crippen molar-refractivity contribution in [2.45, 2.75) is 31.6 Å². The van der Waals surface area contributed by atoms with Gasteiger partial charge in [-0.15, -0.1) is 23.1 Å². The minimum atomic E-state index is -1.18. The zero-order valence-electron chi connectivity index (χ0n) is 22.4. The second kappa shape index (κ2) is 14.2. The number of thioether (sulfide) groups is 2. The molecule has 220 valence electrons. The van der Waals surface area contributed by atoms with E-state index in [1.807, 2.05) is 12.1 Å². The summed E-state index contributed by atoms with van der Waals surface area (Å²) in [5.41, 5.74) is 6.58. The monoisotopic (exact) mass is 630 g/mol. The summed E-state index contributed by atoms with van der Waals surface area (Å²) in [6.45, 7) is 6.17. The Balaban J connectivity index is 1.55. The molecule has 0 bridgehead atoms. The first kappa shape index (κ1) is 30.8. The number of nitrogens with zero attached hydrogens (tertiary/aromatic N) is 4. The summed E-state index contributed by atoms with van der Waals surface area (Å²) in [7, 11) is 0. The van der Waals surface area contributed by atoms with Gasteiger partial charge in [-0.3, -0.25) is 24.3 Å². The maximum atomic E-state index is 13.4. The van der Waals surface area contributed by atoms with Gasteiger partial charge in [-0.1, -0.05) is 35.6 Å². The molecule has 42 heavy (non-hydrogen) atoms. The van der Waals surface area contributed by atoms with Gasteiger partial charge in [-0.25, -0.2) is 9.78 Å². The van der Waals surface area contributed by atoms with E-state index in [2.05, 4.69) is 27.0 Å². The van der Waals surface area contributed by atoms with Crippen molar-refractivity contribution in [3.05, 3.63) is 69.8 Å². The maximum absolute atomic E-state index is 13.4. The summed E-state index contributed by atoms with van der Waals surface area (Å²) in [6.07, 6.45) is 5.42. The van der Waals surface area contributed by atoms with Gasteiger partial charge in [-0.05, 0) is 23.1 Å². The van der Waals surface area contributed by atoms with Crippen molar-refractivity contribution in [2.75, 3.05) is 18.1 Å². The standard InChI is InChI=1S/C26H26N6O7S3/c1-4-9-37-31-19(17-12-42-26(27)29-17)22(34)30-20-23(35)32-21(25(36)39-15(3)38-14(2)33)18(13-41-24(20)32)40-10-7-16-6-5-8-28-11-16/h4-8,10-12,15,20,24H,1,9,13H2,2-3H3,(H2,27,29)(H,30,34)/b10-7-,31-19?/t15?,20?,24-/m0/s1. The number of carbonyl (C=O) groups is 4. The zero-order chi connectivity index (χ0) is 30.2. The quantitative estimate of drug-likeness (QED) is 0.0668. The molecule has 0 aliphatic carbocycles. The van der Waals surface area contributed by atoms with Crippen molar-refractivity contribution in [3.8, 4) is 0 Å². The van der Waals surface area contributed by atoms with Crippen LogP contribution in [0.5, 0.6) is 0 Å². The molecule has 4 heterocycles. The van der Waals surface area contributed by atoms with Crippen molar-refractivity contribution < 1.29 is 33.5 Å². The number of β-lactam (4-membered cyclic amide) rings is 1. The number of amides is 2. The van der Waals surface area contributed by atoms with Gasteiger partial charge in [0, 0.05) is 42.3 Å². The van der Waals surface area contributed by atoms with Crippen molar-refractivity contribution in [3.63, 3.8) is 0 Å². The molecule has 1 fully saturated rings. The van der Waals surface area contributed by atoms with E-state index in [9.17, 15) is 19.2 Å². The first-order valence-electron chi connectivity index (χ1n) is 12.3. The van der Waals surface area contributed by atoms with Gasteiger partial charge in [0.2, 0.25) is 6.29 Å². The number of fused-ring (bicyclic) bond motifs is 1. The normalized spacial score (nSPS) is 19.0. The Morgan fingerprint density at radius 1 is 1.38 bits per heavy atom. The van der Waals surface area contributed by atoms with Gasteiger partial charge >= 0.3 is 11.9 Å². The highest BCUT2D eigenvalue weighted by Gasteiger charge is 2.55. The number of nitrogens with two attached hydrogens (primary N) is 1. The Morgan fingerprint density at radius 3 is 2.86 bits per heavy atom. The third-order valence-corrected chi connectivity index (χ3v) is 8.53. The van der Waals surface area contributed by atoms with Crippen LogP contribution in [0.3, 0.4) is 0 Å². The molecule has 3 N–H and O–H groups in total. The van der Waals surface area contributed by atoms with Crippen molar-refractivity contribution in [1.82, 2.24) is 20.2 Å². The van der Waals surface area contributed by atoms with E-state index < -0.39 is 41.5 Å². The molecule has 2 aromatic heterocycles. The number of aromatic nitrogens is 2. The number of esters is 2. The van der Waals surface area contributed by atoms with E-state index in [1.165, 1.54) is 48.3 Å². The van der Waals surface area contributed by atoms with Crippen LogP contribution >= 0.6 is 34.9 Å². The lowest BCUT2D eigenvalue weighted by Gasteiger charge is -2.49. The van der Waals surface area contributed by atoms with Gasteiger partial charge in [0.15, 0.2) is 10.8 Å². The molecule has 2 aliphatic heterocycles. The molecule has 2 aromatic rings. The molecular weight excluding hydrogens is 605 g/mol. The fraction of sp³-hybridized carbons (Fsp3) is 0.269. The molecule has 13 nitrogen and oxygen atoms in total. The lowest BCUT2D eigenvalue weighted by atomic mass is 10.0. The van der Waals surface area contributed by atoms with Crippen LogP contribution < -0.4 is 11.1 Å². The molecule has 0 aromatic carbocycles. The molecule has 2 amide bonds. The highest BCUT2D eigenvalue weighted by molar-refractivity contribution is 8.08. The predicted octanol–water partition coefficient (Wildman–Crippen LogP) is 2.49. The van der Waals surface area contributed by atoms with E-state index >= 15 is 0 Å². The smallest absolute Gasteiger partial charge is 0.359 e. The average Bonchev–Trinajstić information content (AvgIpc) is 3.39. The third-order valence-electron chi connectivity index (χ3n) is 5.50. The molecule has 0 spiro atoms. The number of ether oxygens (including phenoxy) is 2. The summed E-state index contributed by atoms with van der Waals surface area (Å²) in [5, 5.41) is 9.45. The number of pyridine rings is 1. The van der Waals surface area contributed by atoms with Gasteiger partial charge < -0.3 is 25.4 Å². The molecule has 4 rings (SSSR count). The molecular formula is C26H26N6O7S3. The molecule has 3 atom stereocenters. The highest BCUT2D eigenvalue weighted by Crippen LogP contribution is 2.44. The predicted molar refractivity (Wildman–Crippen MR) is 159 cm³/mol. The average molecular weight is 631 g/mol. The van der Waals surface area contributed by atoms with E-state index in [4.69, 9.17) is 20.0 Å². The van der Waals surface area contributed by atoms with Crippen LogP contribution in [-0.4, -0.2) is 74.4 Å². The van der Waals surface area contributed by atoms with Crippen LogP contribution in [0.2, 0.25) is 0 Å². The number of oxime groups is 1. The molecule has 0 saturated carbocycles. The van der Waals surface area contributed by atoms with E-state index in [1.54, 1.807) is 29.2 Å². The fourth-order valence-electron chi connectivity index (χ4n) is 3.77.